The van der Waals surface area contributed by atoms with Crippen molar-refractivity contribution in [3.63, 3.8) is 0 Å². The second-order valence-electron chi connectivity index (χ2n) is 5.19. The molecule has 3 aromatic rings. The Hall–Kier alpha value is -2.66. The number of nitrogens with zero attached hydrogens (tertiary/aromatic N) is 1. The predicted molar refractivity (Wildman–Crippen MR) is 91.6 cm³/mol. The van der Waals surface area contributed by atoms with Gasteiger partial charge >= 0.3 is 0 Å². The van der Waals surface area contributed by atoms with Crippen molar-refractivity contribution in [1.29, 1.82) is 0 Å². The van der Waals surface area contributed by atoms with Crippen molar-refractivity contribution in [1.82, 2.24) is 4.98 Å². The van der Waals surface area contributed by atoms with E-state index in [1.54, 1.807) is 35.6 Å². The maximum atomic E-state index is 11.0. The van der Waals surface area contributed by atoms with Gasteiger partial charge in [0.05, 0.1) is 5.69 Å². The van der Waals surface area contributed by atoms with E-state index < -0.39 is 5.91 Å². The molecule has 4 nitrogen and oxygen atoms in total. The Morgan fingerprint density at radius 1 is 1.13 bits per heavy atom. The van der Waals surface area contributed by atoms with Crippen LogP contribution in [0, 0.1) is 6.92 Å². The summed E-state index contributed by atoms with van der Waals surface area (Å²) >= 11 is 1.60. The molecule has 0 unspecified atom stereocenters. The number of carbonyl (C=O) groups excluding carboxylic acids is 1. The third kappa shape index (κ3) is 3.76. The van der Waals surface area contributed by atoms with Crippen LogP contribution < -0.4 is 10.5 Å². The van der Waals surface area contributed by atoms with E-state index in [1.807, 2.05) is 5.38 Å². The summed E-state index contributed by atoms with van der Waals surface area (Å²) in [6, 6.07) is 15.1. The Morgan fingerprint density at radius 3 is 2.48 bits per heavy atom. The van der Waals surface area contributed by atoms with Crippen molar-refractivity contribution in [3.05, 3.63) is 70.7 Å². The fourth-order valence-electron chi connectivity index (χ4n) is 2.07. The largest absolute Gasteiger partial charge is 0.487 e. The standard InChI is InChI=1S/C18H16N2O2S/c1-12-2-4-14(5-3-12)18-20-15(11-23-18)10-22-16-8-6-13(7-9-16)17(19)21/h2-9,11H,10H2,1H3,(H2,19,21). The third-order valence-corrected chi connectivity index (χ3v) is 4.32. The zero-order valence-corrected chi connectivity index (χ0v) is 13.5. The summed E-state index contributed by atoms with van der Waals surface area (Å²) in [6.07, 6.45) is 0. The smallest absolute Gasteiger partial charge is 0.248 e. The molecular formula is C18H16N2O2S. The number of aryl methyl sites for hydroxylation is 1. The van der Waals surface area contributed by atoms with Gasteiger partial charge < -0.3 is 10.5 Å². The van der Waals surface area contributed by atoms with E-state index in [-0.39, 0.29) is 0 Å². The average molecular weight is 324 g/mol. The molecule has 1 aromatic heterocycles. The molecule has 1 heterocycles. The lowest BCUT2D eigenvalue weighted by molar-refractivity contribution is 0.1000. The molecule has 0 saturated carbocycles. The minimum Gasteiger partial charge on any atom is -0.487 e. The Balaban J connectivity index is 1.65. The molecule has 0 spiro atoms. The minimum absolute atomic E-state index is 0.387. The van der Waals surface area contributed by atoms with Crippen molar-refractivity contribution in [2.45, 2.75) is 13.5 Å². The molecule has 0 atom stereocenters. The lowest BCUT2D eigenvalue weighted by Gasteiger charge is -2.04. The summed E-state index contributed by atoms with van der Waals surface area (Å²) in [5.41, 5.74) is 8.89. The number of primary amides is 1. The maximum Gasteiger partial charge on any atom is 0.248 e. The highest BCUT2D eigenvalue weighted by atomic mass is 32.1. The molecule has 116 valence electrons. The number of benzene rings is 2. The van der Waals surface area contributed by atoms with Crippen molar-refractivity contribution in [2.24, 2.45) is 5.73 Å². The molecule has 0 saturated heterocycles. The second-order valence-corrected chi connectivity index (χ2v) is 6.05. The Labute approximate surface area is 138 Å². The molecule has 2 N–H and O–H groups in total. The summed E-state index contributed by atoms with van der Waals surface area (Å²) in [7, 11) is 0. The molecule has 23 heavy (non-hydrogen) atoms. The SMILES string of the molecule is Cc1ccc(-c2nc(COc3ccc(C(N)=O)cc3)cs2)cc1. The quantitative estimate of drug-likeness (QED) is 0.776. The molecule has 2 aromatic carbocycles. The molecular weight excluding hydrogens is 308 g/mol. The highest BCUT2D eigenvalue weighted by Crippen LogP contribution is 2.24. The van der Waals surface area contributed by atoms with E-state index in [0.29, 0.717) is 17.9 Å². The lowest BCUT2D eigenvalue weighted by Crippen LogP contribution is -2.10. The van der Waals surface area contributed by atoms with Gasteiger partial charge in [0.2, 0.25) is 5.91 Å². The monoisotopic (exact) mass is 324 g/mol. The predicted octanol–water partition coefficient (Wildman–Crippen LogP) is 3.80. The van der Waals surface area contributed by atoms with Gasteiger partial charge in [-0.2, -0.15) is 0 Å². The van der Waals surface area contributed by atoms with Gasteiger partial charge in [-0.05, 0) is 31.2 Å². The first kappa shape index (κ1) is 15.2. The van der Waals surface area contributed by atoms with Crippen LogP contribution in [0.15, 0.2) is 53.9 Å². The summed E-state index contributed by atoms with van der Waals surface area (Å²) in [6.45, 7) is 2.45. The Bertz CT molecular complexity index is 808. The lowest BCUT2D eigenvalue weighted by atomic mass is 10.2. The third-order valence-electron chi connectivity index (χ3n) is 3.38. The van der Waals surface area contributed by atoms with Crippen LogP contribution in [-0.4, -0.2) is 10.9 Å². The summed E-state index contributed by atoms with van der Waals surface area (Å²) in [5.74, 6) is 0.235. The van der Waals surface area contributed by atoms with Gasteiger partial charge in [-0.25, -0.2) is 4.98 Å². The van der Waals surface area contributed by atoms with E-state index in [2.05, 4.69) is 36.2 Å². The minimum atomic E-state index is -0.446. The molecule has 0 fully saturated rings. The normalized spacial score (nSPS) is 10.5. The second kappa shape index (κ2) is 6.62. The van der Waals surface area contributed by atoms with Gasteiger partial charge in [0.1, 0.15) is 17.4 Å². The Morgan fingerprint density at radius 2 is 1.83 bits per heavy atom. The highest BCUT2D eigenvalue weighted by Gasteiger charge is 2.06. The first-order chi connectivity index (χ1) is 11.1. The number of amides is 1. The first-order valence-electron chi connectivity index (χ1n) is 7.16. The molecule has 1 amide bonds. The van der Waals surface area contributed by atoms with Crippen molar-refractivity contribution < 1.29 is 9.53 Å². The van der Waals surface area contributed by atoms with Crippen molar-refractivity contribution in [3.8, 4) is 16.3 Å². The molecule has 0 aliphatic carbocycles. The van der Waals surface area contributed by atoms with Gasteiger partial charge in [-0.15, -0.1) is 11.3 Å². The topological polar surface area (TPSA) is 65.2 Å². The van der Waals surface area contributed by atoms with E-state index >= 15 is 0 Å². The van der Waals surface area contributed by atoms with Gasteiger partial charge in [0.15, 0.2) is 0 Å². The number of rotatable bonds is 5. The number of thiazole rings is 1. The molecule has 5 heteroatoms. The first-order valence-corrected chi connectivity index (χ1v) is 8.04. The van der Waals surface area contributed by atoms with Crippen molar-refractivity contribution >= 4 is 17.2 Å². The van der Waals surface area contributed by atoms with Gasteiger partial charge in [0, 0.05) is 16.5 Å². The number of hydrogen-bond donors (Lipinski definition) is 1. The fourth-order valence-corrected chi connectivity index (χ4v) is 2.89. The summed E-state index contributed by atoms with van der Waals surface area (Å²) in [5, 5.41) is 2.97. The summed E-state index contributed by atoms with van der Waals surface area (Å²) < 4.78 is 5.69. The number of ether oxygens (including phenoxy) is 1. The zero-order chi connectivity index (χ0) is 16.2. The number of hydrogen-bond acceptors (Lipinski definition) is 4. The van der Waals surface area contributed by atoms with Crippen LogP contribution in [-0.2, 0) is 6.61 Å². The van der Waals surface area contributed by atoms with E-state index in [0.717, 1.165) is 16.3 Å². The zero-order valence-electron chi connectivity index (χ0n) is 12.7. The Kier molecular flexibility index (Phi) is 4.39. The van der Waals surface area contributed by atoms with Crippen molar-refractivity contribution in [2.75, 3.05) is 0 Å². The van der Waals surface area contributed by atoms with Crippen LogP contribution in [0.3, 0.4) is 0 Å². The summed E-state index contributed by atoms with van der Waals surface area (Å²) in [4.78, 5) is 15.6. The van der Waals surface area contributed by atoms with Crippen LogP contribution in [0.25, 0.3) is 10.6 Å². The van der Waals surface area contributed by atoms with Gasteiger partial charge in [-0.1, -0.05) is 29.8 Å². The van der Waals surface area contributed by atoms with Gasteiger partial charge in [0.25, 0.3) is 0 Å². The number of aromatic nitrogens is 1. The van der Waals surface area contributed by atoms with E-state index in [9.17, 15) is 4.79 Å². The molecule has 0 radical (unpaired) electrons. The number of carbonyl (C=O) groups is 1. The van der Waals surface area contributed by atoms with Crippen LogP contribution in [0.1, 0.15) is 21.6 Å². The highest BCUT2D eigenvalue weighted by molar-refractivity contribution is 7.13. The molecule has 3 rings (SSSR count). The molecule has 0 aliphatic rings. The van der Waals surface area contributed by atoms with E-state index in [4.69, 9.17) is 10.5 Å². The fraction of sp³-hybridized carbons (Fsp3) is 0.111. The molecule has 0 aliphatic heterocycles. The maximum absolute atomic E-state index is 11.0. The number of nitrogens with two attached hydrogens (primary N) is 1. The van der Waals surface area contributed by atoms with E-state index in [1.165, 1.54) is 5.56 Å². The van der Waals surface area contributed by atoms with Crippen LogP contribution >= 0.6 is 11.3 Å². The van der Waals surface area contributed by atoms with Crippen LogP contribution in [0.2, 0.25) is 0 Å². The average Bonchev–Trinajstić information content (AvgIpc) is 3.03. The van der Waals surface area contributed by atoms with Crippen LogP contribution in [0.4, 0.5) is 0 Å². The van der Waals surface area contributed by atoms with Crippen LogP contribution in [0.5, 0.6) is 5.75 Å². The molecule has 0 bridgehead atoms. The van der Waals surface area contributed by atoms with Gasteiger partial charge in [-0.3, -0.25) is 4.79 Å².